The lowest BCUT2D eigenvalue weighted by atomic mass is 10.1. The van der Waals surface area contributed by atoms with Crippen LogP contribution in [0.2, 0.25) is 0 Å². The molecule has 0 atom stereocenters. The highest BCUT2D eigenvalue weighted by molar-refractivity contribution is 7.99. The van der Waals surface area contributed by atoms with E-state index in [2.05, 4.69) is 26.7 Å². The number of tetrazole rings is 1. The maximum absolute atomic E-state index is 12.9. The molecule has 0 fully saturated rings. The molecule has 0 spiro atoms. The lowest BCUT2D eigenvalue weighted by Crippen LogP contribution is -2.28. The second-order valence-electron chi connectivity index (χ2n) is 8.10. The van der Waals surface area contributed by atoms with Gasteiger partial charge in [0.1, 0.15) is 0 Å². The van der Waals surface area contributed by atoms with Gasteiger partial charge in [0.2, 0.25) is 11.1 Å². The van der Waals surface area contributed by atoms with Gasteiger partial charge in [-0.1, -0.05) is 42.1 Å². The molecule has 2 aromatic carbocycles. The van der Waals surface area contributed by atoms with Gasteiger partial charge in [0.25, 0.3) is 0 Å². The monoisotopic (exact) mass is 461 g/mol. The predicted octanol–water partition coefficient (Wildman–Crippen LogP) is 3.83. The van der Waals surface area contributed by atoms with E-state index in [0.29, 0.717) is 11.7 Å². The van der Waals surface area contributed by atoms with Crippen molar-refractivity contribution in [2.24, 2.45) is 0 Å². The van der Waals surface area contributed by atoms with Gasteiger partial charge in [-0.3, -0.25) is 4.79 Å². The lowest BCUT2D eigenvalue weighted by molar-refractivity contribution is -0.127. The van der Waals surface area contributed by atoms with Gasteiger partial charge in [-0.25, -0.2) is 4.68 Å². The fraction of sp³-hybridized carbons (Fsp3) is 0.292. The number of carbonyl (C=O) groups is 1. The van der Waals surface area contributed by atoms with E-state index in [-0.39, 0.29) is 11.7 Å². The number of thioether (sulfide) groups is 1. The molecule has 2 heterocycles. The van der Waals surface area contributed by atoms with Crippen LogP contribution in [0.15, 0.2) is 53.7 Å². The molecule has 0 unspecified atom stereocenters. The molecular formula is C24H27N7OS. The molecule has 4 rings (SSSR count). The topological polar surface area (TPSA) is 81.7 Å². The van der Waals surface area contributed by atoms with Crippen molar-refractivity contribution in [1.29, 1.82) is 0 Å². The number of para-hydroxylation sites is 1. The third-order valence-corrected chi connectivity index (χ3v) is 6.53. The standard InChI is InChI=1S/C24H27N7OS/c1-16-11-12-17(2)22(13-16)31-24(25-27-28-31)33-15-23(32)29(5)14-21-18(3)26-30(19(21)4)20-9-7-6-8-10-20/h6-13H,14-15H2,1-5H3. The maximum Gasteiger partial charge on any atom is 0.233 e. The first kappa shape index (κ1) is 22.7. The number of rotatable bonds is 7. The molecule has 0 N–H and O–H groups in total. The van der Waals surface area contributed by atoms with E-state index in [4.69, 9.17) is 0 Å². The molecule has 170 valence electrons. The summed E-state index contributed by atoms with van der Waals surface area (Å²) in [4.78, 5) is 14.6. The van der Waals surface area contributed by atoms with Gasteiger partial charge < -0.3 is 4.90 Å². The SMILES string of the molecule is Cc1ccc(C)c(-n2nnnc2SCC(=O)N(C)Cc2c(C)nn(-c3ccccc3)c2C)c1. The molecule has 33 heavy (non-hydrogen) atoms. The highest BCUT2D eigenvalue weighted by Crippen LogP contribution is 2.23. The van der Waals surface area contributed by atoms with Gasteiger partial charge in [0.15, 0.2) is 0 Å². The zero-order valence-corrected chi connectivity index (χ0v) is 20.3. The molecule has 0 radical (unpaired) electrons. The summed E-state index contributed by atoms with van der Waals surface area (Å²) in [6.45, 7) is 8.55. The minimum Gasteiger partial charge on any atom is -0.341 e. The minimum atomic E-state index is 0.00164. The fourth-order valence-electron chi connectivity index (χ4n) is 3.65. The van der Waals surface area contributed by atoms with Gasteiger partial charge in [0, 0.05) is 24.8 Å². The molecule has 0 bridgehead atoms. The largest absolute Gasteiger partial charge is 0.341 e. The number of nitrogens with zero attached hydrogens (tertiary/aromatic N) is 7. The van der Waals surface area contributed by atoms with Crippen LogP contribution in [0, 0.1) is 27.7 Å². The summed E-state index contributed by atoms with van der Waals surface area (Å²) in [5.41, 5.74) is 7.13. The Morgan fingerprint density at radius 3 is 2.55 bits per heavy atom. The first-order valence-electron chi connectivity index (χ1n) is 10.7. The van der Waals surface area contributed by atoms with Crippen LogP contribution in [0.25, 0.3) is 11.4 Å². The summed E-state index contributed by atoms with van der Waals surface area (Å²) in [6.07, 6.45) is 0. The molecule has 0 aliphatic rings. The number of amides is 1. The van der Waals surface area contributed by atoms with Crippen molar-refractivity contribution in [2.75, 3.05) is 12.8 Å². The van der Waals surface area contributed by atoms with Crippen molar-refractivity contribution in [3.8, 4) is 11.4 Å². The second kappa shape index (κ2) is 9.58. The summed E-state index contributed by atoms with van der Waals surface area (Å²) in [5.74, 6) is 0.244. The first-order valence-corrected chi connectivity index (χ1v) is 11.7. The Morgan fingerprint density at radius 2 is 1.79 bits per heavy atom. The van der Waals surface area contributed by atoms with Gasteiger partial charge >= 0.3 is 0 Å². The number of benzene rings is 2. The molecule has 0 aliphatic heterocycles. The van der Waals surface area contributed by atoms with Crippen LogP contribution in [0.5, 0.6) is 0 Å². The normalized spacial score (nSPS) is 11.1. The van der Waals surface area contributed by atoms with E-state index in [1.165, 1.54) is 11.8 Å². The Kier molecular flexibility index (Phi) is 6.60. The molecule has 4 aromatic rings. The maximum atomic E-state index is 12.9. The van der Waals surface area contributed by atoms with E-state index in [0.717, 1.165) is 39.5 Å². The Bertz CT molecular complexity index is 1280. The third-order valence-electron chi connectivity index (χ3n) is 5.62. The van der Waals surface area contributed by atoms with Crippen LogP contribution in [0.1, 0.15) is 28.1 Å². The van der Waals surface area contributed by atoms with E-state index in [9.17, 15) is 4.79 Å². The number of aromatic nitrogens is 6. The highest BCUT2D eigenvalue weighted by atomic mass is 32.2. The summed E-state index contributed by atoms with van der Waals surface area (Å²) in [7, 11) is 1.81. The number of aryl methyl sites for hydroxylation is 3. The summed E-state index contributed by atoms with van der Waals surface area (Å²) in [6, 6.07) is 16.1. The van der Waals surface area contributed by atoms with Crippen molar-refractivity contribution in [3.05, 3.63) is 76.6 Å². The van der Waals surface area contributed by atoms with Crippen LogP contribution >= 0.6 is 11.8 Å². The molecule has 2 aromatic heterocycles. The van der Waals surface area contributed by atoms with Gasteiger partial charge in [-0.15, -0.1) is 5.10 Å². The van der Waals surface area contributed by atoms with Crippen LogP contribution < -0.4 is 0 Å². The smallest absolute Gasteiger partial charge is 0.233 e. The Hall–Kier alpha value is -3.46. The van der Waals surface area contributed by atoms with Crippen LogP contribution in [-0.4, -0.2) is 53.6 Å². The molecule has 0 aliphatic carbocycles. The summed E-state index contributed by atoms with van der Waals surface area (Å²) < 4.78 is 3.62. The number of hydrogen-bond donors (Lipinski definition) is 0. The zero-order valence-electron chi connectivity index (χ0n) is 19.5. The van der Waals surface area contributed by atoms with E-state index in [1.807, 2.05) is 81.9 Å². The average Bonchev–Trinajstić information content (AvgIpc) is 3.39. The second-order valence-corrected chi connectivity index (χ2v) is 9.04. The van der Waals surface area contributed by atoms with E-state index >= 15 is 0 Å². The van der Waals surface area contributed by atoms with Gasteiger partial charge in [-0.2, -0.15) is 9.78 Å². The van der Waals surface area contributed by atoms with Crippen molar-refractivity contribution in [3.63, 3.8) is 0 Å². The predicted molar refractivity (Wildman–Crippen MR) is 129 cm³/mol. The summed E-state index contributed by atoms with van der Waals surface area (Å²) in [5, 5.41) is 17.4. The highest BCUT2D eigenvalue weighted by Gasteiger charge is 2.19. The molecule has 8 nitrogen and oxygen atoms in total. The molecule has 0 saturated carbocycles. The number of carbonyl (C=O) groups excluding carboxylic acids is 1. The lowest BCUT2D eigenvalue weighted by Gasteiger charge is -2.17. The fourth-order valence-corrected chi connectivity index (χ4v) is 4.48. The van der Waals surface area contributed by atoms with E-state index in [1.54, 1.807) is 9.58 Å². The van der Waals surface area contributed by atoms with Crippen molar-refractivity contribution >= 4 is 17.7 Å². The average molecular weight is 462 g/mol. The molecule has 0 saturated heterocycles. The molecular weight excluding hydrogens is 434 g/mol. The third kappa shape index (κ3) is 4.83. The van der Waals surface area contributed by atoms with Gasteiger partial charge in [-0.05, 0) is 67.4 Å². The summed E-state index contributed by atoms with van der Waals surface area (Å²) >= 11 is 1.34. The van der Waals surface area contributed by atoms with Crippen molar-refractivity contribution in [2.45, 2.75) is 39.4 Å². The Balaban J connectivity index is 1.45. The van der Waals surface area contributed by atoms with E-state index < -0.39 is 0 Å². The molecule has 1 amide bonds. The van der Waals surface area contributed by atoms with Gasteiger partial charge in [0.05, 0.1) is 22.8 Å². The van der Waals surface area contributed by atoms with Crippen LogP contribution in [-0.2, 0) is 11.3 Å². The quantitative estimate of drug-likeness (QED) is 0.389. The van der Waals surface area contributed by atoms with Crippen molar-refractivity contribution < 1.29 is 4.79 Å². The minimum absolute atomic E-state index is 0.00164. The van der Waals surface area contributed by atoms with Crippen molar-refractivity contribution in [1.82, 2.24) is 34.9 Å². The Morgan fingerprint density at radius 1 is 1.03 bits per heavy atom. The first-order chi connectivity index (χ1) is 15.8. The zero-order chi connectivity index (χ0) is 23.5. The number of hydrogen-bond acceptors (Lipinski definition) is 6. The van der Waals surface area contributed by atoms with Crippen LogP contribution in [0.3, 0.4) is 0 Å². The Labute approximate surface area is 197 Å². The molecule has 9 heteroatoms. The van der Waals surface area contributed by atoms with Crippen LogP contribution in [0.4, 0.5) is 0 Å².